The van der Waals surface area contributed by atoms with Crippen LogP contribution in [0.3, 0.4) is 0 Å². The Bertz CT molecular complexity index is 1120. The van der Waals surface area contributed by atoms with Gasteiger partial charge >= 0.3 is 5.69 Å². The summed E-state index contributed by atoms with van der Waals surface area (Å²) in [6.45, 7) is 4.72. The number of H-pyrrole nitrogens is 1. The highest BCUT2D eigenvalue weighted by Crippen LogP contribution is 2.22. The zero-order valence-electron chi connectivity index (χ0n) is 14.9. The third kappa shape index (κ3) is 3.14. The van der Waals surface area contributed by atoms with Crippen LogP contribution in [0.15, 0.2) is 71.5 Å². The highest BCUT2D eigenvalue weighted by atomic mass is 16.1. The molecule has 4 aromatic rings. The van der Waals surface area contributed by atoms with Crippen LogP contribution in [0.4, 0.5) is 11.4 Å². The number of aromatic amines is 1. The number of nitrogens with zero attached hydrogens (tertiary/aromatic N) is 1. The molecule has 0 saturated carbocycles. The van der Waals surface area contributed by atoms with Crippen molar-refractivity contribution in [3.8, 4) is 0 Å². The topological polar surface area (TPSA) is 49.8 Å². The van der Waals surface area contributed by atoms with Crippen molar-refractivity contribution in [2.24, 2.45) is 0 Å². The Morgan fingerprint density at radius 2 is 1.73 bits per heavy atom. The van der Waals surface area contributed by atoms with Crippen molar-refractivity contribution in [2.45, 2.75) is 20.4 Å². The van der Waals surface area contributed by atoms with E-state index in [1.54, 1.807) is 4.57 Å². The third-order valence-electron chi connectivity index (χ3n) is 4.67. The van der Waals surface area contributed by atoms with Crippen molar-refractivity contribution in [1.82, 2.24) is 9.55 Å². The van der Waals surface area contributed by atoms with E-state index in [0.29, 0.717) is 6.54 Å². The predicted molar refractivity (Wildman–Crippen MR) is 107 cm³/mol. The maximum Gasteiger partial charge on any atom is 0.326 e. The minimum Gasteiger partial charge on any atom is -0.355 e. The monoisotopic (exact) mass is 343 g/mol. The lowest BCUT2D eigenvalue weighted by molar-refractivity contribution is 0.781. The van der Waals surface area contributed by atoms with E-state index in [1.807, 2.05) is 48.5 Å². The SMILES string of the molecule is Cc1ccc(C)c(Cn2c(=O)[nH]c3cc(Nc4ccccc4)ccc32)c1. The first-order valence-electron chi connectivity index (χ1n) is 8.71. The maximum atomic E-state index is 12.5. The van der Waals surface area contributed by atoms with Crippen LogP contribution in [0.2, 0.25) is 0 Å². The van der Waals surface area contributed by atoms with Crippen molar-refractivity contribution >= 4 is 22.4 Å². The molecule has 26 heavy (non-hydrogen) atoms. The summed E-state index contributed by atoms with van der Waals surface area (Å²) < 4.78 is 1.80. The Hall–Kier alpha value is -3.27. The van der Waals surface area contributed by atoms with Crippen LogP contribution < -0.4 is 11.0 Å². The fourth-order valence-corrected chi connectivity index (χ4v) is 3.23. The Balaban J connectivity index is 1.69. The predicted octanol–water partition coefficient (Wildman–Crippen LogP) is 4.74. The van der Waals surface area contributed by atoms with Gasteiger partial charge in [0.2, 0.25) is 0 Å². The van der Waals surface area contributed by atoms with Gasteiger partial charge in [-0.05, 0) is 55.3 Å². The number of benzene rings is 3. The number of para-hydroxylation sites is 1. The van der Waals surface area contributed by atoms with Gasteiger partial charge in [-0.3, -0.25) is 4.57 Å². The Morgan fingerprint density at radius 1 is 0.923 bits per heavy atom. The van der Waals surface area contributed by atoms with Gasteiger partial charge in [0.1, 0.15) is 0 Å². The number of aryl methyl sites for hydroxylation is 2. The minimum atomic E-state index is -0.0854. The van der Waals surface area contributed by atoms with Crippen molar-refractivity contribution in [2.75, 3.05) is 5.32 Å². The molecule has 1 heterocycles. The van der Waals surface area contributed by atoms with Gasteiger partial charge in [-0.2, -0.15) is 0 Å². The van der Waals surface area contributed by atoms with E-state index in [1.165, 1.54) is 16.7 Å². The van der Waals surface area contributed by atoms with Crippen LogP contribution in [0.1, 0.15) is 16.7 Å². The summed E-state index contributed by atoms with van der Waals surface area (Å²) in [5.41, 5.74) is 7.19. The van der Waals surface area contributed by atoms with Crippen molar-refractivity contribution < 1.29 is 0 Å². The smallest absolute Gasteiger partial charge is 0.326 e. The Kier molecular flexibility index (Phi) is 4.09. The molecule has 0 aliphatic heterocycles. The van der Waals surface area contributed by atoms with Gasteiger partial charge in [-0.15, -0.1) is 0 Å². The van der Waals surface area contributed by atoms with Gasteiger partial charge in [-0.1, -0.05) is 42.0 Å². The summed E-state index contributed by atoms with van der Waals surface area (Å²) in [6, 6.07) is 22.3. The minimum absolute atomic E-state index is 0.0854. The zero-order chi connectivity index (χ0) is 18.1. The third-order valence-corrected chi connectivity index (χ3v) is 4.67. The van der Waals surface area contributed by atoms with E-state index in [4.69, 9.17) is 0 Å². The lowest BCUT2D eigenvalue weighted by Crippen LogP contribution is -2.17. The largest absolute Gasteiger partial charge is 0.355 e. The Labute approximate surface area is 152 Å². The van der Waals surface area contributed by atoms with E-state index < -0.39 is 0 Å². The van der Waals surface area contributed by atoms with Crippen LogP contribution in [0, 0.1) is 13.8 Å². The normalized spacial score (nSPS) is 11.0. The summed E-state index contributed by atoms with van der Waals surface area (Å²) in [4.78, 5) is 15.5. The number of fused-ring (bicyclic) bond motifs is 1. The van der Waals surface area contributed by atoms with Crippen molar-refractivity contribution in [3.05, 3.63) is 93.9 Å². The molecule has 0 bridgehead atoms. The lowest BCUT2D eigenvalue weighted by Gasteiger charge is -2.09. The molecule has 4 rings (SSSR count). The first-order chi connectivity index (χ1) is 12.6. The molecule has 0 fully saturated rings. The maximum absolute atomic E-state index is 12.5. The number of anilines is 2. The van der Waals surface area contributed by atoms with Crippen molar-refractivity contribution in [1.29, 1.82) is 0 Å². The second-order valence-electron chi connectivity index (χ2n) is 6.67. The average molecular weight is 343 g/mol. The van der Waals surface area contributed by atoms with Gasteiger partial charge in [0.05, 0.1) is 17.6 Å². The molecule has 0 aliphatic rings. The van der Waals surface area contributed by atoms with E-state index in [9.17, 15) is 4.79 Å². The molecule has 0 spiro atoms. The first kappa shape index (κ1) is 16.2. The standard InChI is InChI=1S/C22H21N3O/c1-15-8-9-16(2)17(12-15)14-25-21-11-10-19(13-20(21)24-22(25)26)23-18-6-4-3-5-7-18/h3-13,23H,14H2,1-2H3,(H,24,26). The number of imidazole rings is 1. The molecule has 2 N–H and O–H groups in total. The van der Waals surface area contributed by atoms with Crippen LogP contribution in [-0.4, -0.2) is 9.55 Å². The number of hydrogen-bond acceptors (Lipinski definition) is 2. The molecule has 0 atom stereocenters. The molecule has 0 aliphatic carbocycles. The highest BCUT2D eigenvalue weighted by Gasteiger charge is 2.09. The van der Waals surface area contributed by atoms with E-state index >= 15 is 0 Å². The second kappa shape index (κ2) is 6.56. The molecule has 0 saturated heterocycles. The van der Waals surface area contributed by atoms with Crippen LogP contribution in [0.25, 0.3) is 11.0 Å². The molecule has 0 unspecified atom stereocenters. The van der Waals surface area contributed by atoms with Crippen LogP contribution in [-0.2, 0) is 6.54 Å². The van der Waals surface area contributed by atoms with E-state index in [-0.39, 0.29) is 5.69 Å². The molecule has 4 nitrogen and oxygen atoms in total. The van der Waals surface area contributed by atoms with Crippen LogP contribution in [0.5, 0.6) is 0 Å². The van der Waals surface area contributed by atoms with Gasteiger partial charge < -0.3 is 10.3 Å². The second-order valence-corrected chi connectivity index (χ2v) is 6.67. The number of rotatable bonds is 4. The molecule has 4 heteroatoms. The molecule has 0 radical (unpaired) electrons. The lowest BCUT2D eigenvalue weighted by atomic mass is 10.1. The van der Waals surface area contributed by atoms with Crippen LogP contribution >= 0.6 is 0 Å². The van der Waals surface area contributed by atoms with E-state index in [0.717, 1.165) is 22.4 Å². The van der Waals surface area contributed by atoms with Gasteiger partial charge in [0.25, 0.3) is 0 Å². The molecular weight excluding hydrogens is 322 g/mol. The van der Waals surface area contributed by atoms with E-state index in [2.05, 4.69) is 42.3 Å². The molecule has 130 valence electrons. The summed E-state index contributed by atoms with van der Waals surface area (Å²) >= 11 is 0. The zero-order valence-corrected chi connectivity index (χ0v) is 14.9. The molecule has 3 aromatic carbocycles. The fourth-order valence-electron chi connectivity index (χ4n) is 3.23. The first-order valence-corrected chi connectivity index (χ1v) is 8.71. The summed E-state index contributed by atoms with van der Waals surface area (Å²) in [5.74, 6) is 0. The number of hydrogen-bond donors (Lipinski definition) is 2. The molecule has 1 aromatic heterocycles. The fraction of sp³-hybridized carbons (Fsp3) is 0.136. The quantitative estimate of drug-likeness (QED) is 0.562. The molecule has 0 amide bonds. The van der Waals surface area contributed by atoms with Gasteiger partial charge in [0.15, 0.2) is 0 Å². The number of aromatic nitrogens is 2. The summed E-state index contributed by atoms with van der Waals surface area (Å²) in [5, 5.41) is 3.36. The highest BCUT2D eigenvalue weighted by molar-refractivity contribution is 5.81. The average Bonchev–Trinajstić information content (AvgIpc) is 2.94. The van der Waals surface area contributed by atoms with Gasteiger partial charge in [0, 0.05) is 11.4 Å². The summed E-state index contributed by atoms with van der Waals surface area (Å²) in [6.07, 6.45) is 0. The van der Waals surface area contributed by atoms with Crippen molar-refractivity contribution in [3.63, 3.8) is 0 Å². The summed E-state index contributed by atoms with van der Waals surface area (Å²) in [7, 11) is 0. The molecular formula is C22H21N3O. The Morgan fingerprint density at radius 3 is 2.54 bits per heavy atom. The van der Waals surface area contributed by atoms with Gasteiger partial charge in [-0.25, -0.2) is 4.79 Å². The number of nitrogens with one attached hydrogen (secondary N) is 2.